The van der Waals surface area contributed by atoms with E-state index < -0.39 is 0 Å². The Morgan fingerprint density at radius 3 is 2.25 bits per heavy atom. The zero-order chi connectivity index (χ0) is 11.4. The van der Waals surface area contributed by atoms with Crippen molar-refractivity contribution in [1.82, 2.24) is 4.90 Å². The number of anilines is 1. The number of terminal acetylenes is 1. The molecule has 1 saturated heterocycles. The summed E-state index contributed by atoms with van der Waals surface area (Å²) in [5.74, 6) is 0.894. The van der Waals surface area contributed by atoms with Crippen LogP contribution in [0.5, 0.6) is 5.75 Å². The van der Waals surface area contributed by atoms with Crippen molar-refractivity contribution in [2.75, 3.05) is 38.2 Å². The van der Waals surface area contributed by atoms with E-state index in [0.29, 0.717) is 0 Å². The molecule has 0 aromatic heterocycles. The summed E-state index contributed by atoms with van der Waals surface area (Å²) < 4.78 is 5.14. The highest BCUT2D eigenvalue weighted by atomic mass is 16.5. The number of piperazine rings is 1. The molecule has 0 saturated carbocycles. The Balaban J connectivity index is 2.00. The summed E-state index contributed by atoms with van der Waals surface area (Å²) in [7, 11) is 1.68. The quantitative estimate of drug-likeness (QED) is 0.695. The van der Waals surface area contributed by atoms with Crippen molar-refractivity contribution in [2.45, 2.75) is 0 Å². The van der Waals surface area contributed by atoms with E-state index in [0.717, 1.165) is 31.9 Å². The normalized spacial score (nSPS) is 15.8. The fourth-order valence-electron chi connectivity index (χ4n) is 1.89. The van der Waals surface area contributed by atoms with Gasteiger partial charge in [-0.3, -0.25) is 0 Å². The van der Waals surface area contributed by atoms with Gasteiger partial charge in [0, 0.05) is 37.9 Å². The van der Waals surface area contributed by atoms with Crippen LogP contribution in [0.2, 0.25) is 0 Å². The second-order valence-corrected chi connectivity index (χ2v) is 3.80. The lowest BCUT2D eigenvalue weighted by atomic mass is 10.2. The smallest absolute Gasteiger partial charge is 0.119 e. The summed E-state index contributed by atoms with van der Waals surface area (Å²) >= 11 is 0. The number of rotatable bonds is 2. The molecule has 3 heteroatoms. The number of nitrogens with zero attached hydrogens (tertiary/aromatic N) is 2. The maximum atomic E-state index is 5.37. The Morgan fingerprint density at radius 2 is 1.75 bits per heavy atom. The van der Waals surface area contributed by atoms with Crippen LogP contribution in [0, 0.1) is 12.5 Å². The van der Waals surface area contributed by atoms with Gasteiger partial charge in [-0.05, 0) is 24.3 Å². The third kappa shape index (κ3) is 2.22. The molecule has 0 N–H and O–H groups in total. The van der Waals surface area contributed by atoms with Gasteiger partial charge in [0.05, 0.1) is 7.11 Å². The SMILES string of the molecule is C#CN1CCN(c2ccc(OC)cc2)CC1. The second-order valence-electron chi connectivity index (χ2n) is 3.80. The number of hydrogen-bond acceptors (Lipinski definition) is 3. The molecule has 1 aliphatic rings. The minimum Gasteiger partial charge on any atom is -0.497 e. The highest BCUT2D eigenvalue weighted by Gasteiger charge is 2.14. The Kier molecular flexibility index (Phi) is 3.21. The van der Waals surface area contributed by atoms with Gasteiger partial charge in [-0.25, -0.2) is 0 Å². The molecule has 0 spiro atoms. The average molecular weight is 216 g/mol. The van der Waals surface area contributed by atoms with Crippen LogP contribution in [0.15, 0.2) is 24.3 Å². The van der Waals surface area contributed by atoms with Crippen LogP contribution in [0.4, 0.5) is 5.69 Å². The van der Waals surface area contributed by atoms with Crippen LogP contribution in [0.25, 0.3) is 0 Å². The predicted molar refractivity (Wildman–Crippen MR) is 65.6 cm³/mol. The third-order valence-electron chi connectivity index (χ3n) is 2.90. The number of ether oxygens (including phenoxy) is 1. The minimum atomic E-state index is 0.894. The molecule has 2 rings (SSSR count). The van der Waals surface area contributed by atoms with Gasteiger partial charge in [0.2, 0.25) is 0 Å². The molecular weight excluding hydrogens is 200 g/mol. The molecule has 84 valence electrons. The van der Waals surface area contributed by atoms with E-state index in [1.54, 1.807) is 7.11 Å². The van der Waals surface area contributed by atoms with Crippen molar-refractivity contribution < 1.29 is 4.74 Å². The molecule has 1 fully saturated rings. The highest BCUT2D eigenvalue weighted by molar-refractivity contribution is 5.49. The first kappa shape index (κ1) is 10.7. The van der Waals surface area contributed by atoms with E-state index in [9.17, 15) is 0 Å². The minimum absolute atomic E-state index is 0.894. The first-order valence-electron chi connectivity index (χ1n) is 5.43. The van der Waals surface area contributed by atoms with Gasteiger partial charge in [0.15, 0.2) is 0 Å². The summed E-state index contributed by atoms with van der Waals surface area (Å²) in [4.78, 5) is 4.35. The molecule has 1 heterocycles. The Hall–Kier alpha value is -1.82. The summed E-state index contributed by atoms with van der Waals surface area (Å²) in [6.45, 7) is 3.83. The molecule has 0 unspecified atom stereocenters. The highest BCUT2D eigenvalue weighted by Crippen LogP contribution is 2.20. The predicted octanol–water partition coefficient (Wildman–Crippen LogP) is 1.41. The topological polar surface area (TPSA) is 15.7 Å². The van der Waals surface area contributed by atoms with Crippen molar-refractivity contribution in [3.8, 4) is 18.2 Å². The maximum Gasteiger partial charge on any atom is 0.119 e. The lowest BCUT2D eigenvalue weighted by molar-refractivity contribution is 0.369. The zero-order valence-electron chi connectivity index (χ0n) is 9.52. The van der Waals surface area contributed by atoms with E-state index in [1.165, 1.54) is 5.69 Å². The monoisotopic (exact) mass is 216 g/mol. The van der Waals surface area contributed by atoms with Crippen molar-refractivity contribution in [3.63, 3.8) is 0 Å². The third-order valence-corrected chi connectivity index (χ3v) is 2.90. The van der Waals surface area contributed by atoms with Crippen LogP contribution in [0.1, 0.15) is 0 Å². The molecule has 0 atom stereocenters. The number of methoxy groups -OCH3 is 1. The van der Waals surface area contributed by atoms with E-state index in [2.05, 4.69) is 23.1 Å². The van der Waals surface area contributed by atoms with E-state index in [-0.39, 0.29) is 0 Å². The molecule has 16 heavy (non-hydrogen) atoms. The first-order chi connectivity index (χ1) is 7.83. The van der Waals surface area contributed by atoms with Crippen LogP contribution < -0.4 is 9.64 Å². The van der Waals surface area contributed by atoms with Gasteiger partial charge in [-0.1, -0.05) is 6.42 Å². The van der Waals surface area contributed by atoms with Gasteiger partial charge in [-0.2, -0.15) is 0 Å². The maximum absolute atomic E-state index is 5.37. The fraction of sp³-hybridized carbons (Fsp3) is 0.385. The molecule has 0 aliphatic carbocycles. The Bertz CT molecular complexity index is 372. The average Bonchev–Trinajstić information content (AvgIpc) is 2.39. The molecular formula is C13H16N2O. The Morgan fingerprint density at radius 1 is 1.12 bits per heavy atom. The van der Waals surface area contributed by atoms with Crippen molar-refractivity contribution >= 4 is 5.69 Å². The van der Waals surface area contributed by atoms with Gasteiger partial charge in [-0.15, -0.1) is 0 Å². The summed E-state index contributed by atoms with van der Waals surface area (Å²) in [6, 6.07) is 10.8. The molecule has 3 nitrogen and oxygen atoms in total. The molecule has 0 bridgehead atoms. The summed E-state index contributed by atoms with van der Waals surface area (Å²) in [6.07, 6.45) is 5.37. The molecule has 1 aromatic rings. The lowest BCUT2D eigenvalue weighted by Crippen LogP contribution is -2.44. The van der Waals surface area contributed by atoms with Gasteiger partial charge in [0.1, 0.15) is 5.75 Å². The van der Waals surface area contributed by atoms with Crippen LogP contribution in [-0.2, 0) is 0 Å². The number of benzene rings is 1. The van der Waals surface area contributed by atoms with Gasteiger partial charge < -0.3 is 14.5 Å². The zero-order valence-corrected chi connectivity index (χ0v) is 9.52. The van der Waals surface area contributed by atoms with Crippen LogP contribution in [0.3, 0.4) is 0 Å². The molecule has 1 aliphatic heterocycles. The van der Waals surface area contributed by atoms with E-state index >= 15 is 0 Å². The van der Waals surface area contributed by atoms with Gasteiger partial charge >= 0.3 is 0 Å². The van der Waals surface area contributed by atoms with Crippen LogP contribution >= 0.6 is 0 Å². The van der Waals surface area contributed by atoms with Crippen molar-refractivity contribution in [1.29, 1.82) is 0 Å². The van der Waals surface area contributed by atoms with Crippen molar-refractivity contribution in [3.05, 3.63) is 24.3 Å². The second kappa shape index (κ2) is 4.80. The molecule has 1 aromatic carbocycles. The Labute approximate surface area is 96.6 Å². The standard InChI is InChI=1S/C13H16N2O/c1-3-14-8-10-15(11-9-14)12-4-6-13(16-2)7-5-12/h1,4-7H,8-11H2,2H3. The fourth-order valence-corrected chi connectivity index (χ4v) is 1.89. The summed E-state index contributed by atoms with van der Waals surface area (Å²) in [5, 5.41) is 0. The molecule has 0 radical (unpaired) electrons. The molecule has 0 amide bonds. The first-order valence-corrected chi connectivity index (χ1v) is 5.43. The van der Waals surface area contributed by atoms with Crippen molar-refractivity contribution in [2.24, 2.45) is 0 Å². The van der Waals surface area contributed by atoms with Gasteiger partial charge in [0.25, 0.3) is 0 Å². The lowest BCUT2D eigenvalue weighted by Gasteiger charge is -2.34. The summed E-state index contributed by atoms with van der Waals surface area (Å²) in [5.41, 5.74) is 1.23. The van der Waals surface area contributed by atoms with E-state index in [4.69, 9.17) is 11.2 Å². The number of hydrogen-bond donors (Lipinski definition) is 0. The van der Waals surface area contributed by atoms with Crippen LogP contribution in [-0.4, -0.2) is 38.2 Å². The van der Waals surface area contributed by atoms with E-state index in [1.807, 2.05) is 17.0 Å². The largest absolute Gasteiger partial charge is 0.497 e.